The molecule has 2 nitrogen and oxygen atoms in total. The van der Waals surface area contributed by atoms with Crippen molar-refractivity contribution >= 4 is 16.8 Å². The average molecular weight is 759 g/mol. The molecular weight excluding hydrogens is 689 g/mol. The van der Waals surface area contributed by atoms with Crippen LogP contribution in [0.15, 0.2) is 85.2 Å². The van der Waals surface area contributed by atoms with E-state index in [1.54, 1.807) is 0 Å². The van der Waals surface area contributed by atoms with E-state index < -0.39 is 0 Å². The lowest BCUT2D eigenvalue weighted by atomic mass is 9.59. The largest absolute Gasteiger partial charge is 0.213 e. The van der Waals surface area contributed by atoms with Crippen LogP contribution in [0, 0.1) is 0 Å². The molecule has 2 heteroatoms. The molecule has 0 bridgehead atoms. The van der Waals surface area contributed by atoms with Gasteiger partial charge in [-0.3, -0.25) is 0 Å². The summed E-state index contributed by atoms with van der Waals surface area (Å²) in [5.41, 5.74) is 15.8. The number of aryl methyl sites for hydroxylation is 2. The Bertz CT molecular complexity index is 2440. The summed E-state index contributed by atoms with van der Waals surface area (Å²) >= 11 is 0. The lowest BCUT2D eigenvalue weighted by Crippen LogP contribution is -2.68. The van der Waals surface area contributed by atoms with Crippen LogP contribution >= 0.6 is 0 Å². The Morgan fingerprint density at radius 3 is 1.91 bits per heavy atom. The van der Waals surface area contributed by atoms with Crippen molar-refractivity contribution in [1.29, 1.82) is 0 Å². The van der Waals surface area contributed by atoms with Gasteiger partial charge in [-0.15, -0.1) is 0 Å². The second kappa shape index (κ2) is 13.5. The number of allylic oxidation sites excluding steroid dienone is 1. The summed E-state index contributed by atoms with van der Waals surface area (Å²) in [5.74, 6) is 0. The van der Waals surface area contributed by atoms with Crippen molar-refractivity contribution in [2.75, 3.05) is 0 Å². The maximum atomic E-state index is 2.63. The van der Waals surface area contributed by atoms with Crippen LogP contribution in [0.4, 0.5) is 0 Å². The number of aromatic nitrogens is 2. The topological polar surface area (TPSA) is 7.76 Å². The van der Waals surface area contributed by atoms with Crippen molar-refractivity contribution in [2.45, 2.75) is 167 Å². The third-order valence-electron chi connectivity index (χ3n) is 15.7. The van der Waals surface area contributed by atoms with Crippen molar-refractivity contribution < 1.29 is 9.13 Å². The molecule has 57 heavy (non-hydrogen) atoms. The summed E-state index contributed by atoms with van der Waals surface area (Å²) < 4.78 is 5.04. The number of nitrogens with zero attached hydrogens (tertiary/aromatic N) is 2. The number of fused-ring (bicyclic) bond motifs is 6. The number of rotatable bonds is 8. The predicted octanol–water partition coefficient (Wildman–Crippen LogP) is 13.4. The summed E-state index contributed by atoms with van der Waals surface area (Å²) in [6, 6.07) is 26.9. The highest BCUT2D eigenvalue weighted by molar-refractivity contribution is 5.88. The van der Waals surface area contributed by atoms with Crippen molar-refractivity contribution in [3.05, 3.63) is 124 Å². The first kappa shape index (κ1) is 39.8. The summed E-state index contributed by atoms with van der Waals surface area (Å²) in [6.45, 7) is 29.3. The molecule has 0 saturated heterocycles. The standard InChI is InChI=1S/C55H70N2/c1-14-17-20-37-22-23-41-43(29-37)54(12,15-2)55(16-3,57-28-19-18-21-48(41)57)25-24-38-30-46-47(53(10,11)36-52(46,8)9)34-42(38)49-33-39-31-44-45(32-40(39)35-56(49)13)51(6,7)27-26-50(44,4)5/h18-19,21-25,28-35H,14-17,20,26-27,36H2,1-13H3/q+2. The van der Waals surface area contributed by atoms with Gasteiger partial charge in [-0.05, 0) is 148 Å². The number of benzene rings is 3. The highest BCUT2D eigenvalue weighted by atomic mass is 15.1. The van der Waals surface area contributed by atoms with Gasteiger partial charge in [0, 0.05) is 30.0 Å². The van der Waals surface area contributed by atoms with Crippen molar-refractivity contribution in [3.8, 4) is 22.5 Å². The summed E-state index contributed by atoms with van der Waals surface area (Å²) in [4.78, 5) is 0. The van der Waals surface area contributed by atoms with Crippen LogP contribution in [0.25, 0.3) is 39.4 Å². The molecule has 0 N–H and O–H groups in total. The van der Waals surface area contributed by atoms with E-state index in [0.29, 0.717) is 0 Å². The van der Waals surface area contributed by atoms with Gasteiger partial charge in [0.2, 0.25) is 11.4 Å². The predicted molar refractivity (Wildman–Crippen MR) is 242 cm³/mol. The summed E-state index contributed by atoms with van der Waals surface area (Å²) in [5, 5.41) is 2.68. The van der Waals surface area contributed by atoms with Gasteiger partial charge < -0.3 is 0 Å². The van der Waals surface area contributed by atoms with Gasteiger partial charge in [0.25, 0.3) is 0 Å². The van der Waals surface area contributed by atoms with Crippen LogP contribution in [0.2, 0.25) is 0 Å². The maximum absolute atomic E-state index is 2.63. The van der Waals surface area contributed by atoms with Gasteiger partial charge in [0.05, 0.1) is 16.5 Å². The van der Waals surface area contributed by atoms with Gasteiger partial charge >= 0.3 is 0 Å². The first-order valence-corrected chi connectivity index (χ1v) is 22.3. The Balaban J connectivity index is 1.37. The smallest absolute Gasteiger partial charge is 0.200 e. The Morgan fingerprint density at radius 1 is 0.614 bits per heavy atom. The molecule has 3 aliphatic rings. The van der Waals surface area contributed by atoms with E-state index in [9.17, 15) is 0 Å². The Morgan fingerprint density at radius 2 is 1.26 bits per heavy atom. The maximum Gasteiger partial charge on any atom is 0.213 e. The van der Waals surface area contributed by atoms with E-state index in [1.807, 2.05) is 0 Å². The molecular formula is C55H70N2+2. The lowest BCUT2D eigenvalue weighted by Gasteiger charge is -2.46. The lowest BCUT2D eigenvalue weighted by molar-refractivity contribution is -0.756. The number of hydrogen-bond acceptors (Lipinski definition) is 0. The summed E-state index contributed by atoms with van der Waals surface area (Å²) in [6.07, 6.45) is 19.1. The van der Waals surface area contributed by atoms with Crippen LogP contribution < -0.4 is 9.13 Å². The van der Waals surface area contributed by atoms with E-state index >= 15 is 0 Å². The molecule has 0 amide bonds. The van der Waals surface area contributed by atoms with E-state index in [-0.39, 0.29) is 32.6 Å². The second-order valence-corrected chi connectivity index (χ2v) is 21.2. The van der Waals surface area contributed by atoms with Gasteiger partial charge in [-0.25, -0.2) is 4.57 Å². The Hall–Kier alpha value is -4.04. The molecule has 2 atom stereocenters. The normalized spacial score (nSPS) is 23.6. The monoisotopic (exact) mass is 759 g/mol. The number of unbranched alkanes of at least 4 members (excludes halogenated alkanes) is 1. The molecule has 0 radical (unpaired) electrons. The minimum Gasteiger partial charge on any atom is -0.200 e. The van der Waals surface area contributed by atoms with Crippen molar-refractivity contribution in [2.24, 2.45) is 7.05 Å². The minimum atomic E-state index is -0.261. The molecule has 5 aromatic rings. The zero-order valence-electron chi connectivity index (χ0n) is 37.7. The molecule has 2 aromatic heterocycles. The van der Waals surface area contributed by atoms with Crippen LogP contribution in [0.3, 0.4) is 0 Å². The van der Waals surface area contributed by atoms with Crippen LogP contribution in [-0.2, 0) is 46.1 Å². The fourth-order valence-electron chi connectivity index (χ4n) is 12.1. The van der Waals surface area contributed by atoms with Gasteiger partial charge in [-0.2, -0.15) is 4.57 Å². The van der Waals surface area contributed by atoms with E-state index in [1.165, 1.54) is 97.9 Å². The quantitative estimate of drug-likeness (QED) is 0.139. The zero-order valence-corrected chi connectivity index (χ0v) is 37.7. The fraction of sp³-hybridized carbons (Fsp3) is 0.491. The average Bonchev–Trinajstić information content (AvgIpc) is 3.36. The second-order valence-electron chi connectivity index (χ2n) is 21.2. The third-order valence-corrected chi connectivity index (χ3v) is 15.7. The molecule has 8 rings (SSSR count). The molecule has 0 spiro atoms. The molecule has 3 aromatic carbocycles. The van der Waals surface area contributed by atoms with Gasteiger partial charge in [0.1, 0.15) is 7.05 Å². The minimum absolute atomic E-state index is 0.0999. The fourth-order valence-corrected chi connectivity index (χ4v) is 12.1. The first-order valence-electron chi connectivity index (χ1n) is 22.3. The molecule has 0 fully saturated rings. The van der Waals surface area contributed by atoms with E-state index in [2.05, 4.69) is 191 Å². The highest BCUT2D eigenvalue weighted by Crippen LogP contribution is 2.54. The SMILES string of the molecule is CCCCc1ccc2c(c1)C(C)(CC)C(C=Cc1cc3c(cc1-c1cc4cc5c(cc4c[n+]1C)C(C)(C)CCC5(C)C)C(C)(C)CC3(C)C)(CC)[n+]1ccccc1-2. The van der Waals surface area contributed by atoms with Crippen LogP contribution in [-0.4, -0.2) is 0 Å². The molecule has 3 heterocycles. The molecule has 1 aliphatic heterocycles. The number of hydrogen-bond donors (Lipinski definition) is 0. The van der Waals surface area contributed by atoms with E-state index in [0.717, 1.165) is 25.7 Å². The molecule has 2 aliphatic carbocycles. The number of pyridine rings is 2. The van der Waals surface area contributed by atoms with Crippen LogP contribution in [0.1, 0.15) is 167 Å². The Kier molecular flexibility index (Phi) is 9.42. The van der Waals surface area contributed by atoms with E-state index in [4.69, 9.17) is 0 Å². The molecule has 2 unspecified atom stereocenters. The van der Waals surface area contributed by atoms with Gasteiger partial charge in [-0.1, -0.05) is 107 Å². The Labute approximate surface area is 345 Å². The zero-order chi connectivity index (χ0) is 40.9. The van der Waals surface area contributed by atoms with Crippen LogP contribution in [0.5, 0.6) is 0 Å². The third kappa shape index (κ3) is 6.09. The highest BCUT2D eigenvalue weighted by Gasteiger charge is 2.58. The summed E-state index contributed by atoms with van der Waals surface area (Å²) in [7, 11) is 2.26. The molecule has 298 valence electrons. The van der Waals surface area contributed by atoms with Crippen molar-refractivity contribution in [3.63, 3.8) is 0 Å². The first-order chi connectivity index (χ1) is 26.8. The van der Waals surface area contributed by atoms with Crippen molar-refractivity contribution in [1.82, 2.24) is 0 Å². The van der Waals surface area contributed by atoms with Gasteiger partial charge in [0.15, 0.2) is 17.9 Å². The molecule has 0 saturated carbocycles.